The fourth-order valence-corrected chi connectivity index (χ4v) is 3.40. The van der Waals surface area contributed by atoms with E-state index in [9.17, 15) is 9.59 Å². The van der Waals surface area contributed by atoms with Crippen molar-refractivity contribution in [3.8, 4) is 0 Å². The van der Waals surface area contributed by atoms with Crippen molar-refractivity contribution in [3.63, 3.8) is 0 Å². The summed E-state index contributed by atoms with van der Waals surface area (Å²) in [7, 11) is 1.36. The van der Waals surface area contributed by atoms with E-state index in [1.165, 1.54) is 7.11 Å². The molecule has 0 aliphatic carbocycles. The lowest BCUT2D eigenvalue weighted by atomic mass is 9.85. The van der Waals surface area contributed by atoms with Crippen LogP contribution in [0.4, 0.5) is 0 Å². The number of esters is 1. The van der Waals surface area contributed by atoms with Gasteiger partial charge in [0.25, 0.3) is 0 Å². The molecule has 1 aromatic heterocycles. The molecule has 0 bridgehead atoms. The number of aryl methyl sites for hydroxylation is 1. The van der Waals surface area contributed by atoms with Crippen LogP contribution in [-0.4, -0.2) is 30.5 Å². The second-order valence-corrected chi connectivity index (χ2v) is 5.88. The zero-order valence-electron chi connectivity index (χ0n) is 13.7. The van der Waals surface area contributed by atoms with Crippen molar-refractivity contribution in [1.82, 2.24) is 4.98 Å². The number of hydrogen-bond donors (Lipinski definition) is 1. The highest BCUT2D eigenvalue weighted by Crippen LogP contribution is 2.42. The number of aromatic amines is 1. The predicted octanol–water partition coefficient (Wildman–Crippen LogP) is 3.11. The number of ketones is 1. The molecule has 5 heteroatoms. The van der Waals surface area contributed by atoms with Crippen molar-refractivity contribution >= 4 is 22.7 Å². The molecule has 23 heavy (non-hydrogen) atoms. The van der Waals surface area contributed by atoms with Gasteiger partial charge >= 0.3 is 5.97 Å². The number of benzene rings is 1. The van der Waals surface area contributed by atoms with Gasteiger partial charge in [0.05, 0.1) is 24.8 Å². The van der Waals surface area contributed by atoms with Gasteiger partial charge in [-0.15, -0.1) is 0 Å². The Morgan fingerprint density at radius 2 is 2.17 bits per heavy atom. The van der Waals surface area contributed by atoms with Gasteiger partial charge in [-0.2, -0.15) is 0 Å². The molecule has 1 N–H and O–H groups in total. The van der Waals surface area contributed by atoms with E-state index in [0.29, 0.717) is 17.7 Å². The maximum atomic E-state index is 12.5. The standard InChI is InChI=1S/C18H21NO4/c1-4-11-7-6-8-12-15-13(20)10-23-18(5-2,9-14(21)22-3)17(15)19-16(11)12/h6-8,19H,4-5,9-10H2,1-3H3/t18-/m1/s1. The number of hydrogen-bond acceptors (Lipinski definition) is 4. The lowest BCUT2D eigenvalue weighted by Crippen LogP contribution is -2.40. The summed E-state index contributed by atoms with van der Waals surface area (Å²) in [6.45, 7) is 4.02. The normalized spacial score (nSPS) is 20.6. The van der Waals surface area contributed by atoms with Crippen molar-refractivity contribution in [1.29, 1.82) is 0 Å². The largest absolute Gasteiger partial charge is 0.469 e. The molecule has 0 radical (unpaired) electrons. The average molecular weight is 315 g/mol. The number of methoxy groups -OCH3 is 1. The van der Waals surface area contributed by atoms with Crippen LogP contribution in [0.15, 0.2) is 18.2 Å². The van der Waals surface area contributed by atoms with E-state index in [2.05, 4.69) is 11.9 Å². The molecule has 1 aliphatic heterocycles. The molecule has 1 aliphatic rings. The Morgan fingerprint density at radius 1 is 1.39 bits per heavy atom. The van der Waals surface area contributed by atoms with E-state index >= 15 is 0 Å². The number of aromatic nitrogens is 1. The highest BCUT2D eigenvalue weighted by atomic mass is 16.5. The molecule has 5 nitrogen and oxygen atoms in total. The van der Waals surface area contributed by atoms with Crippen LogP contribution >= 0.6 is 0 Å². The van der Waals surface area contributed by atoms with Gasteiger partial charge in [0.2, 0.25) is 0 Å². The van der Waals surface area contributed by atoms with Gasteiger partial charge in [-0.05, 0) is 18.4 Å². The van der Waals surface area contributed by atoms with Gasteiger partial charge in [-0.3, -0.25) is 9.59 Å². The van der Waals surface area contributed by atoms with Crippen molar-refractivity contribution in [2.75, 3.05) is 13.7 Å². The SMILES string of the molecule is CCc1cccc2c3c([nH]c12)[C@@](CC)(CC(=O)OC)OCC3=O. The Labute approximate surface area is 135 Å². The maximum Gasteiger partial charge on any atom is 0.308 e. The van der Waals surface area contributed by atoms with Crippen molar-refractivity contribution in [2.24, 2.45) is 0 Å². The van der Waals surface area contributed by atoms with E-state index in [4.69, 9.17) is 9.47 Å². The molecule has 3 rings (SSSR count). The number of rotatable bonds is 4. The van der Waals surface area contributed by atoms with Gasteiger partial charge in [0.1, 0.15) is 12.2 Å². The third-order valence-corrected chi connectivity index (χ3v) is 4.74. The summed E-state index contributed by atoms with van der Waals surface area (Å²) >= 11 is 0. The lowest BCUT2D eigenvalue weighted by molar-refractivity contribution is -0.150. The Balaban J connectivity index is 2.26. The minimum Gasteiger partial charge on any atom is -0.469 e. The van der Waals surface area contributed by atoms with Crippen LogP contribution in [0, 0.1) is 0 Å². The third-order valence-electron chi connectivity index (χ3n) is 4.74. The van der Waals surface area contributed by atoms with Crippen LogP contribution in [0.25, 0.3) is 10.9 Å². The summed E-state index contributed by atoms with van der Waals surface area (Å²) < 4.78 is 10.7. The number of carbonyl (C=O) groups excluding carboxylic acids is 2. The first-order valence-corrected chi connectivity index (χ1v) is 7.94. The molecule has 0 spiro atoms. The summed E-state index contributed by atoms with van der Waals surface area (Å²) in [5, 5.41) is 0.912. The molecule has 0 fully saturated rings. The van der Waals surface area contributed by atoms with Crippen LogP contribution in [0.3, 0.4) is 0 Å². The molecule has 122 valence electrons. The average Bonchev–Trinajstić information content (AvgIpc) is 2.98. The summed E-state index contributed by atoms with van der Waals surface area (Å²) in [6.07, 6.45) is 1.53. The number of Topliss-reactive ketones (excluding diaryl/α,β-unsaturated/α-hetero) is 1. The smallest absolute Gasteiger partial charge is 0.308 e. The summed E-state index contributed by atoms with van der Waals surface area (Å²) in [5.41, 5.74) is 2.64. The molecule has 0 saturated heterocycles. The van der Waals surface area contributed by atoms with E-state index in [0.717, 1.165) is 22.9 Å². The maximum absolute atomic E-state index is 12.5. The van der Waals surface area contributed by atoms with E-state index in [-0.39, 0.29) is 24.8 Å². The highest BCUT2D eigenvalue weighted by molar-refractivity contribution is 6.11. The molecule has 2 heterocycles. The number of carbonyl (C=O) groups is 2. The molecule has 1 atom stereocenters. The Bertz CT molecular complexity index is 777. The number of nitrogens with one attached hydrogen (secondary N) is 1. The first kappa shape index (κ1) is 15.7. The van der Waals surface area contributed by atoms with E-state index < -0.39 is 5.60 Å². The van der Waals surface area contributed by atoms with Crippen molar-refractivity contribution in [3.05, 3.63) is 35.0 Å². The Kier molecular flexibility index (Phi) is 3.98. The summed E-state index contributed by atoms with van der Waals surface area (Å²) in [6, 6.07) is 5.96. The first-order chi connectivity index (χ1) is 11.1. The second-order valence-electron chi connectivity index (χ2n) is 5.88. The molecule has 0 amide bonds. The second kappa shape index (κ2) is 5.81. The van der Waals surface area contributed by atoms with Crippen LogP contribution in [0.5, 0.6) is 0 Å². The summed E-state index contributed by atoms with van der Waals surface area (Å²) in [4.78, 5) is 27.7. The monoisotopic (exact) mass is 315 g/mol. The topological polar surface area (TPSA) is 68.4 Å². The zero-order chi connectivity index (χ0) is 16.6. The number of ether oxygens (including phenoxy) is 2. The fraction of sp³-hybridized carbons (Fsp3) is 0.444. The molecule has 0 unspecified atom stereocenters. The molecule has 0 saturated carbocycles. The van der Waals surface area contributed by atoms with Crippen molar-refractivity contribution in [2.45, 2.75) is 38.7 Å². The van der Waals surface area contributed by atoms with Gasteiger partial charge in [0, 0.05) is 10.9 Å². The van der Waals surface area contributed by atoms with E-state index in [1.54, 1.807) is 0 Å². The Morgan fingerprint density at radius 3 is 2.83 bits per heavy atom. The summed E-state index contributed by atoms with van der Waals surface area (Å²) in [5.74, 6) is -0.394. The lowest BCUT2D eigenvalue weighted by Gasteiger charge is -2.35. The zero-order valence-corrected chi connectivity index (χ0v) is 13.7. The van der Waals surface area contributed by atoms with Crippen molar-refractivity contribution < 1.29 is 19.1 Å². The molecular weight excluding hydrogens is 294 g/mol. The predicted molar refractivity (Wildman–Crippen MR) is 86.6 cm³/mol. The van der Waals surface area contributed by atoms with Gasteiger partial charge in [0.15, 0.2) is 5.78 Å². The minimum absolute atomic E-state index is 0.0128. The number of H-pyrrole nitrogens is 1. The fourth-order valence-electron chi connectivity index (χ4n) is 3.40. The van der Waals surface area contributed by atoms with Crippen LogP contribution in [0.2, 0.25) is 0 Å². The first-order valence-electron chi connectivity index (χ1n) is 7.94. The Hall–Kier alpha value is -2.14. The van der Waals surface area contributed by atoms with Crippen LogP contribution < -0.4 is 0 Å². The van der Waals surface area contributed by atoms with Gasteiger partial charge in [-0.25, -0.2) is 0 Å². The number of fused-ring (bicyclic) bond motifs is 3. The van der Waals surface area contributed by atoms with Crippen LogP contribution in [0.1, 0.15) is 48.3 Å². The molecule has 1 aromatic carbocycles. The van der Waals surface area contributed by atoms with Gasteiger partial charge < -0.3 is 14.5 Å². The highest BCUT2D eigenvalue weighted by Gasteiger charge is 2.44. The third kappa shape index (κ3) is 2.36. The van der Waals surface area contributed by atoms with Gasteiger partial charge in [-0.1, -0.05) is 32.0 Å². The quantitative estimate of drug-likeness (QED) is 0.880. The van der Waals surface area contributed by atoms with Crippen LogP contribution in [-0.2, 0) is 26.3 Å². The molecular formula is C18H21NO4. The van der Waals surface area contributed by atoms with E-state index in [1.807, 2.05) is 25.1 Å². The number of para-hydroxylation sites is 1. The minimum atomic E-state index is -0.833. The molecule has 2 aromatic rings.